The number of benzene rings is 3. The molecule has 0 radical (unpaired) electrons. The van der Waals surface area contributed by atoms with Crippen molar-refractivity contribution in [3.63, 3.8) is 0 Å². The molecule has 0 aromatic heterocycles. The van der Waals surface area contributed by atoms with E-state index in [4.69, 9.17) is 16.3 Å². The van der Waals surface area contributed by atoms with Crippen LogP contribution in [0.15, 0.2) is 71.6 Å². The topological polar surface area (TPSA) is 46.6 Å². The van der Waals surface area contributed by atoms with Gasteiger partial charge in [0, 0.05) is 21.7 Å². The third kappa shape index (κ3) is 4.69. The van der Waals surface area contributed by atoms with Gasteiger partial charge in [-0.3, -0.25) is 14.5 Å². The number of ether oxygens (including phenoxy) is 1. The van der Waals surface area contributed by atoms with Gasteiger partial charge in [0.2, 0.25) is 0 Å². The zero-order valence-corrected chi connectivity index (χ0v) is 18.1. The van der Waals surface area contributed by atoms with E-state index in [-0.39, 0.29) is 34.5 Å². The monoisotopic (exact) mass is 471 g/mol. The van der Waals surface area contributed by atoms with Crippen molar-refractivity contribution in [1.29, 1.82) is 0 Å². The van der Waals surface area contributed by atoms with Crippen molar-refractivity contribution in [1.82, 2.24) is 4.90 Å². The molecule has 0 N–H and O–H groups in total. The number of thioether (sulfide) groups is 1. The van der Waals surface area contributed by atoms with Gasteiger partial charge < -0.3 is 4.74 Å². The summed E-state index contributed by atoms with van der Waals surface area (Å²) in [7, 11) is 0. The van der Waals surface area contributed by atoms with Gasteiger partial charge in [-0.2, -0.15) is 0 Å². The van der Waals surface area contributed by atoms with Gasteiger partial charge in [0.05, 0.1) is 11.4 Å². The molecule has 0 atom stereocenters. The van der Waals surface area contributed by atoms with E-state index >= 15 is 0 Å². The summed E-state index contributed by atoms with van der Waals surface area (Å²) < 4.78 is 33.7. The maximum Gasteiger partial charge on any atom is 0.293 e. The number of para-hydroxylation sites is 1. The van der Waals surface area contributed by atoms with E-state index in [2.05, 4.69) is 0 Å². The Morgan fingerprint density at radius 2 is 1.66 bits per heavy atom. The van der Waals surface area contributed by atoms with Crippen LogP contribution in [0.4, 0.5) is 13.6 Å². The number of carbonyl (C=O) groups is 2. The standard InChI is InChI=1S/C24H16ClF2NO3S/c25-18-8-5-10-20(27)17(18)13-28-23(29)22(32-24(28)30)12-15-6-2-4-11-21(15)31-14-16-7-1-3-9-19(16)26/h1-12H,13-14H2. The van der Waals surface area contributed by atoms with Crippen LogP contribution in [-0.4, -0.2) is 16.0 Å². The Balaban J connectivity index is 1.55. The van der Waals surface area contributed by atoms with Gasteiger partial charge in [-0.05, 0) is 42.1 Å². The third-order valence-electron chi connectivity index (χ3n) is 4.80. The maximum absolute atomic E-state index is 14.1. The Kier molecular flexibility index (Phi) is 6.58. The molecule has 2 amide bonds. The van der Waals surface area contributed by atoms with Gasteiger partial charge in [0.1, 0.15) is 24.0 Å². The fourth-order valence-corrected chi connectivity index (χ4v) is 4.17. The lowest BCUT2D eigenvalue weighted by Gasteiger charge is -2.14. The molecule has 0 unspecified atom stereocenters. The van der Waals surface area contributed by atoms with Crippen molar-refractivity contribution in [3.8, 4) is 5.75 Å². The van der Waals surface area contributed by atoms with E-state index in [9.17, 15) is 18.4 Å². The van der Waals surface area contributed by atoms with Crippen LogP contribution in [0.2, 0.25) is 5.02 Å². The molecule has 0 aliphatic carbocycles. The average molecular weight is 472 g/mol. The second kappa shape index (κ2) is 9.54. The van der Waals surface area contributed by atoms with Crippen LogP contribution in [0.25, 0.3) is 6.08 Å². The van der Waals surface area contributed by atoms with Crippen molar-refractivity contribution in [2.75, 3.05) is 0 Å². The number of carbonyl (C=O) groups excluding carboxylic acids is 2. The van der Waals surface area contributed by atoms with E-state index in [0.717, 1.165) is 16.7 Å². The molecule has 32 heavy (non-hydrogen) atoms. The summed E-state index contributed by atoms with van der Waals surface area (Å²) in [6.45, 7) is -0.260. The molecule has 3 aromatic carbocycles. The molecule has 1 aliphatic rings. The van der Waals surface area contributed by atoms with Gasteiger partial charge in [-0.25, -0.2) is 8.78 Å². The van der Waals surface area contributed by atoms with Gasteiger partial charge >= 0.3 is 0 Å². The van der Waals surface area contributed by atoms with E-state index in [1.54, 1.807) is 42.5 Å². The molecule has 162 valence electrons. The quantitative estimate of drug-likeness (QED) is 0.388. The largest absolute Gasteiger partial charge is 0.488 e. The van der Waals surface area contributed by atoms with Crippen LogP contribution in [0.5, 0.6) is 5.75 Å². The number of rotatable bonds is 6. The van der Waals surface area contributed by atoms with Crippen molar-refractivity contribution < 1.29 is 23.1 Å². The lowest BCUT2D eigenvalue weighted by Crippen LogP contribution is -2.28. The third-order valence-corrected chi connectivity index (χ3v) is 6.06. The summed E-state index contributed by atoms with van der Waals surface area (Å²) in [5.74, 6) is -1.09. The molecule has 1 heterocycles. The molecule has 8 heteroatoms. The SMILES string of the molecule is O=C1SC(=Cc2ccccc2OCc2ccccc2F)C(=O)N1Cc1c(F)cccc1Cl. The van der Waals surface area contributed by atoms with E-state index in [1.807, 2.05) is 0 Å². The predicted molar refractivity (Wildman–Crippen MR) is 120 cm³/mol. The summed E-state index contributed by atoms with van der Waals surface area (Å²) in [5.41, 5.74) is 1.02. The molecule has 0 saturated carbocycles. The molecular formula is C24H16ClF2NO3S. The number of nitrogens with zero attached hydrogens (tertiary/aromatic N) is 1. The first-order chi connectivity index (χ1) is 15.4. The zero-order chi connectivity index (χ0) is 22.7. The number of hydrogen-bond donors (Lipinski definition) is 0. The summed E-state index contributed by atoms with van der Waals surface area (Å²) in [5, 5.41) is -0.384. The minimum absolute atomic E-state index is 0.00475. The summed E-state index contributed by atoms with van der Waals surface area (Å²) in [6, 6.07) is 17.4. The van der Waals surface area contributed by atoms with Gasteiger partial charge in [0.15, 0.2) is 0 Å². The summed E-state index contributed by atoms with van der Waals surface area (Å²) >= 11 is 6.78. The first-order valence-corrected chi connectivity index (χ1v) is 10.8. The number of amides is 2. The number of imide groups is 1. The Labute approximate surface area is 192 Å². The molecule has 3 aromatic rings. The highest BCUT2D eigenvalue weighted by Gasteiger charge is 2.36. The Morgan fingerprint density at radius 3 is 2.44 bits per heavy atom. The van der Waals surface area contributed by atoms with Crippen LogP contribution in [-0.2, 0) is 17.9 Å². The second-order valence-corrected chi connectivity index (χ2v) is 8.29. The fraction of sp³-hybridized carbons (Fsp3) is 0.0833. The van der Waals surface area contributed by atoms with Gasteiger partial charge in [0.25, 0.3) is 11.1 Å². The minimum atomic E-state index is -0.590. The van der Waals surface area contributed by atoms with Crippen LogP contribution >= 0.6 is 23.4 Å². The molecule has 0 spiro atoms. The molecule has 0 bridgehead atoms. The number of hydrogen-bond acceptors (Lipinski definition) is 4. The lowest BCUT2D eigenvalue weighted by atomic mass is 10.1. The van der Waals surface area contributed by atoms with Crippen molar-refractivity contribution >= 4 is 40.6 Å². The van der Waals surface area contributed by atoms with E-state index in [1.165, 1.54) is 30.3 Å². The minimum Gasteiger partial charge on any atom is -0.488 e. The molecule has 1 aliphatic heterocycles. The van der Waals surface area contributed by atoms with E-state index in [0.29, 0.717) is 16.9 Å². The van der Waals surface area contributed by atoms with Crippen LogP contribution in [0, 0.1) is 11.6 Å². The fourth-order valence-electron chi connectivity index (χ4n) is 3.12. The van der Waals surface area contributed by atoms with Gasteiger partial charge in [-0.15, -0.1) is 0 Å². The zero-order valence-electron chi connectivity index (χ0n) is 16.6. The van der Waals surface area contributed by atoms with E-state index < -0.39 is 17.0 Å². The lowest BCUT2D eigenvalue weighted by molar-refractivity contribution is -0.123. The molecule has 4 rings (SSSR count). The van der Waals surface area contributed by atoms with Gasteiger partial charge in [-0.1, -0.05) is 54.1 Å². The van der Waals surface area contributed by atoms with Crippen molar-refractivity contribution in [3.05, 3.63) is 105 Å². The molecular weight excluding hydrogens is 456 g/mol. The first-order valence-electron chi connectivity index (χ1n) is 9.57. The first kappa shape index (κ1) is 22.0. The Morgan fingerprint density at radius 1 is 0.938 bits per heavy atom. The average Bonchev–Trinajstić information content (AvgIpc) is 3.04. The number of halogens is 3. The normalized spacial score (nSPS) is 15.0. The smallest absolute Gasteiger partial charge is 0.293 e. The van der Waals surface area contributed by atoms with Crippen LogP contribution in [0.1, 0.15) is 16.7 Å². The highest BCUT2D eigenvalue weighted by Crippen LogP contribution is 2.36. The maximum atomic E-state index is 14.1. The molecule has 1 saturated heterocycles. The summed E-state index contributed by atoms with van der Waals surface area (Å²) in [6.07, 6.45) is 1.53. The van der Waals surface area contributed by atoms with Crippen LogP contribution < -0.4 is 4.74 Å². The highest BCUT2D eigenvalue weighted by atomic mass is 35.5. The summed E-state index contributed by atoms with van der Waals surface area (Å²) in [4.78, 5) is 26.4. The predicted octanol–water partition coefficient (Wildman–Crippen LogP) is 6.43. The molecule has 4 nitrogen and oxygen atoms in total. The van der Waals surface area contributed by atoms with Crippen molar-refractivity contribution in [2.24, 2.45) is 0 Å². The highest BCUT2D eigenvalue weighted by molar-refractivity contribution is 8.18. The Bertz CT molecular complexity index is 1210. The molecule has 1 fully saturated rings. The van der Waals surface area contributed by atoms with Crippen molar-refractivity contribution in [2.45, 2.75) is 13.2 Å². The second-order valence-electron chi connectivity index (χ2n) is 6.89. The Hall–Kier alpha value is -3.16. The van der Waals surface area contributed by atoms with Crippen LogP contribution in [0.3, 0.4) is 0 Å².